The summed E-state index contributed by atoms with van der Waals surface area (Å²) in [7, 11) is 0. The monoisotopic (exact) mass is 533 g/mol. The summed E-state index contributed by atoms with van der Waals surface area (Å²) >= 11 is 0. The summed E-state index contributed by atoms with van der Waals surface area (Å²) in [5.41, 5.74) is 9.24. The van der Waals surface area contributed by atoms with Gasteiger partial charge in [0.1, 0.15) is 0 Å². The molecule has 0 heteroatoms. The molecule has 2 rings (SSSR count). The Bertz CT molecular complexity index is 885. The molecule has 39 heavy (non-hydrogen) atoms. The van der Waals surface area contributed by atoms with Crippen molar-refractivity contribution in [1.82, 2.24) is 0 Å². The van der Waals surface area contributed by atoms with Crippen LogP contribution in [0.4, 0.5) is 0 Å². The predicted octanol–water partition coefficient (Wildman–Crippen LogP) is 12.9. The topological polar surface area (TPSA) is 0 Å². The fourth-order valence-corrected chi connectivity index (χ4v) is 5.99. The zero-order valence-electron chi connectivity index (χ0n) is 27.6. The summed E-state index contributed by atoms with van der Waals surface area (Å²) < 4.78 is 0. The average molecular weight is 533 g/mol. The van der Waals surface area contributed by atoms with Gasteiger partial charge in [0, 0.05) is 5.92 Å². The van der Waals surface area contributed by atoms with Gasteiger partial charge < -0.3 is 0 Å². The molecule has 0 aliphatic carbocycles. The number of benzene rings is 2. The highest BCUT2D eigenvalue weighted by Gasteiger charge is 2.23. The second kappa shape index (κ2) is 16.6. The molecule has 220 valence electrons. The Morgan fingerprint density at radius 2 is 0.821 bits per heavy atom. The first-order valence-electron chi connectivity index (χ1n) is 16.7. The van der Waals surface area contributed by atoms with Gasteiger partial charge in [0.25, 0.3) is 0 Å². The third kappa shape index (κ3) is 11.8. The maximum atomic E-state index is 2.53. The van der Waals surface area contributed by atoms with Crippen molar-refractivity contribution in [1.29, 1.82) is 0 Å². The van der Waals surface area contributed by atoms with Crippen LogP contribution in [0.2, 0.25) is 0 Å². The van der Waals surface area contributed by atoms with Gasteiger partial charge >= 0.3 is 0 Å². The summed E-state index contributed by atoms with van der Waals surface area (Å²) in [5.74, 6) is 0.479. The molecule has 2 aromatic rings. The van der Waals surface area contributed by atoms with Gasteiger partial charge in [0.2, 0.25) is 0 Å². The van der Waals surface area contributed by atoms with Crippen molar-refractivity contribution in [3.63, 3.8) is 0 Å². The number of rotatable bonds is 17. The van der Waals surface area contributed by atoms with Gasteiger partial charge in [-0.1, -0.05) is 175 Å². The third-order valence-corrected chi connectivity index (χ3v) is 8.89. The molecule has 0 spiro atoms. The van der Waals surface area contributed by atoms with Crippen molar-refractivity contribution in [3.8, 4) is 0 Å². The highest BCUT2D eigenvalue weighted by atomic mass is 14.3. The number of hydrogen-bond donors (Lipinski definition) is 0. The van der Waals surface area contributed by atoms with E-state index in [9.17, 15) is 0 Å². The van der Waals surface area contributed by atoms with E-state index < -0.39 is 0 Å². The zero-order valence-corrected chi connectivity index (χ0v) is 27.6. The molecule has 0 atom stereocenters. The molecule has 0 bridgehead atoms. The lowest BCUT2D eigenvalue weighted by Gasteiger charge is -2.28. The Hall–Kier alpha value is -1.56. The molecule has 0 aliphatic rings. The van der Waals surface area contributed by atoms with Gasteiger partial charge in [-0.15, -0.1) is 0 Å². The van der Waals surface area contributed by atoms with E-state index in [-0.39, 0.29) is 10.8 Å². The van der Waals surface area contributed by atoms with Crippen molar-refractivity contribution >= 4 is 0 Å². The average Bonchev–Trinajstić information content (AvgIpc) is 2.86. The minimum Gasteiger partial charge on any atom is -0.0654 e. The van der Waals surface area contributed by atoms with Crippen LogP contribution < -0.4 is 0 Å². The van der Waals surface area contributed by atoms with E-state index in [1.807, 2.05) is 0 Å². The minimum absolute atomic E-state index is 0.171. The van der Waals surface area contributed by atoms with Crippen molar-refractivity contribution in [2.75, 3.05) is 0 Å². The van der Waals surface area contributed by atoms with Crippen LogP contribution in [0.25, 0.3) is 0 Å². The molecule has 2 aromatic carbocycles. The molecule has 0 aromatic heterocycles. The summed E-state index contributed by atoms with van der Waals surface area (Å²) in [6.45, 7) is 21.0. The Balaban J connectivity index is 1.98. The Kier molecular flexibility index (Phi) is 14.4. The SMILES string of the molecule is CCCCCCCCCCCCCCCCC(c1cc(C(C)(C)C)ccc1C)c1cc(C(C)(C)C)ccc1C. The maximum absolute atomic E-state index is 2.53. The van der Waals surface area contributed by atoms with E-state index in [0.29, 0.717) is 5.92 Å². The normalized spacial score (nSPS) is 12.5. The van der Waals surface area contributed by atoms with Gasteiger partial charge in [-0.2, -0.15) is 0 Å². The second-order valence-electron chi connectivity index (χ2n) is 14.6. The van der Waals surface area contributed by atoms with E-state index in [1.54, 1.807) is 11.1 Å². The molecule has 0 N–H and O–H groups in total. The predicted molar refractivity (Wildman–Crippen MR) is 177 cm³/mol. The maximum Gasteiger partial charge on any atom is 0.00947 e. The van der Waals surface area contributed by atoms with Crippen molar-refractivity contribution in [2.24, 2.45) is 0 Å². The van der Waals surface area contributed by atoms with Crippen LogP contribution >= 0.6 is 0 Å². The molecular formula is C39H64. The quantitative estimate of drug-likeness (QED) is 0.178. The van der Waals surface area contributed by atoms with Crippen molar-refractivity contribution < 1.29 is 0 Å². The van der Waals surface area contributed by atoms with Crippen LogP contribution in [-0.4, -0.2) is 0 Å². The fourth-order valence-electron chi connectivity index (χ4n) is 5.99. The minimum atomic E-state index is 0.171. The van der Waals surface area contributed by atoms with Gasteiger partial charge in [-0.25, -0.2) is 0 Å². The zero-order chi connectivity index (χ0) is 28.9. The van der Waals surface area contributed by atoms with Crippen LogP contribution in [0.3, 0.4) is 0 Å². The van der Waals surface area contributed by atoms with Crippen LogP contribution in [0, 0.1) is 13.8 Å². The van der Waals surface area contributed by atoms with Crippen LogP contribution in [-0.2, 0) is 10.8 Å². The van der Waals surface area contributed by atoms with Crippen molar-refractivity contribution in [3.05, 3.63) is 69.8 Å². The number of unbranched alkanes of at least 4 members (excludes halogenated alkanes) is 13. The van der Waals surface area contributed by atoms with E-state index in [2.05, 4.69) is 98.7 Å². The molecule has 0 saturated heterocycles. The lowest BCUT2D eigenvalue weighted by molar-refractivity contribution is 0.526. The number of aryl methyl sites for hydroxylation is 2. The van der Waals surface area contributed by atoms with E-state index >= 15 is 0 Å². The lowest BCUT2D eigenvalue weighted by Crippen LogP contribution is -2.15. The van der Waals surface area contributed by atoms with Gasteiger partial charge in [0.15, 0.2) is 0 Å². The third-order valence-electron chi connectivity index (χ3n) is 8.89. The van der Waals surface area contributed by atoms with E-state index in [1.165, 1.54) is 119 Å². The first-order valence-corrected chi connectivity index (χ1v) is 16.7. The molecule has 0 saturated carbocycles. The molecule has 0 fully saturated rings. The first kappa shape index (κ1) is 33.6. The summed E-state index contributed by atoms with van der Waals surface area (Å²) in [4.78, 5) is 0. The molecule has 0 amide bonds. The lowest BCUT2D eigenvalue weighted by atomic mass is 9.77. The molecular weight excluding hydrogens is 468 g/mol. The standard InChI is InChI=1S/C39H64/c1-10-11-12-13-14-15-16-17-18-19-20-21-22-23-24-35(36-29-33(38(4,5)6)27-25-31(36)2)37-30-34(39(7,8)9)28-26-32(37)3/h25-30,35H,10-24H2,1-9H3. The highest BCUT2D eigenvalue weighted by Crippen LogP contribution is 2.38. The fraction of sp³-hybridized carbons (Fsp3) is 0.692. The molecule has 0 heterocycles. The summed E-state index contributed by atoms with van der Waals surface area (Å²) in [6.07, 6.45) is 21.1. The Labute approximate surface area is 244 Å². The van der Waals surface area contributed by atoms with Crippen LogP contribution in [0.5, 0.6) is 0 Å². The summed E-state index contributed by atoms with van der Waals surface area (Å²) in [6, 6.07) is 14.5. The summed E-state index contributed by atoms with van der Waals surface area (Å²) in [5, 5.41) is 0. The molecule has 0 unspecified atom stereocenters. The van der Waals surface area contributed by atoms with Gasteiger partial charge in [-0.05, 0) is 64.5 Å². The van der Waals surface area contributed by atoms with Crippen molar-refractivity contribution in [2.45, 2.75) is 175 Å². The highest BCUT2D eigenvalue weighted by molar-refractivity contribution is 5.46. The van der Waals surface area contributed by atoms with Gasteiger partial charge in [-0.3, -0.25) is 0 Å². The van der Waals surface area contributed by atoms with Gasteiger partial charge in [0.05, 0.1) is 0 Å². The smallest absolute Gasteiger partial charge is 0.00947 e. The van der Waals surface area contributed by atoms with Crippen LogP contribution in [0.1, 0.15) is 184 Å². The Morgan fingerprint density at radius 1 is 0.487 bits per heavy atom. The Morgan fingerprint density at radius 3 is 1.15 bits per heavy atom. The van der Waals surface area contributed by atoms with E-state index in [0.717, 1.165) is 0 Å². The molecule has 0 radical (unpaired) electrons. The number of hydrogen-bond acceptors (Lipinski definition) is 0. The molecule has 0 aliphatic heterocycles. The van der Waals surface area contributed by atoms with E-state index in [4.69, 9.17) is 0 Å². The largest absolute Gasteiger partial charge is 0.0654 e. The first-order chi connectivity index (χ1) is 18.4. The van der Waals surface area contributed by atoms with Crippen LogP contribution in [0.15, 0.2) is 36.4 Å². The second-order valence-corrected chi connectivity index (χ2v) is 14.6. The molecule has 0 nitrogen and oxygen atoms in total.